The molecule has 1 unspecified atom stereocenters. The van der Waals surface area contributed by atoms with Gasteiger partial charge in [0.25, 0.3) is 0 Å². The van der Waals surface area contributed by atoms with E-state index in [9.17, 15) is 13.5 Å². The first-order valence-corrected chi connectivity index (χ1v) is 7.73. The first kappa shape index (κ1) is 16.0. The predicted molar refractivity (Wildman–Crippen MR) is 72.2 cm³/mol. The van der Waals surface area contributed by atoms with Crippen LogP contribution in [0.3, 0.4) is 0 Å². The Bertz CT molecular complexity index is 450. The van der Waals surface area contributed by atoms with Crippen LogP contribution in [0.5, 0.6) is 0 Å². The number of nitrogens with zero attached hydrogens (tertiary/aromatic N) is 1. The molecule has 0 amide bonds. The van der Waals surface area contributed by atoms with Crippen molar-refractivity contribution < 1.29 is 18.3 Å². The van der Waals surface area contributed by atoms with Crippen molar-refractivity contribution >= 4 is 10.0 Å². The Morgan fingerprint density at radius 2 is 2.26 bits per heavy atom. The van der Waals surface area contributed by atoms with Gasteiger partial charge < -0.3 is 9.84 Å². The number of hydrogen-bond donors (Lipinski definition) is 2. The highest BCUT2D eigenvalue weighted by Crippen LogP contribution is 1.98. The first-order chi connectivity index (χ1) is 9.03. The summed E-state index contributed by atoms with van der Waals surface area (Å²) in [6, 6.07) is 5.40. The van der Waals surface area contributed by atoms with Crippen molar-refractivity contribution in [2.24, 2.45) is 0 Å². The summed E-state index contributed by atoms with van der Waals surface area (Å²) in [6.07, 6.45) is 1.69. The summed E-state index contributed by atoms with van der Waals surface area (Å²) >= 11 is 0. The summed E-state index contributed by atoms with van der Waals surface area (Å²) in [7, 11) is -1.85. The Labute approximate surface area is 113 Å². The third-order valence-corrected chi connectivity index (χ3v) is 3.90. The highest BCUT2D eigenvalue weighted by molar-refractivity contribution is 7.89. The molecule has 1 aromatic heterocycles. The summed E-state index contributed by atoms with van der Waals surface area (Å²) < 4.78 is 30.6. The number of rotatable bonds is 9. The smallest absolute Gasteiger partial charge is 0.211 e. The molecule has 1 rings (SSSR count). The van der Waals surface area contributed by atoms with E-state index in [4.69, 9.17) is 4.74 Å². The third kappa shape index (κ3) is 7.22. The van der Waals surface area contributed by atoms with Crippen LogP contribution in [0.15, 0.2) is 24.4 Å². The van der Waals surface area contributed by atoms with Crippen LogP contribution < -0.4 is 4.72 Å². The summed E-state index contributed by atoms with van der Waals surface area (Å²) in [5.41, 5.74) is 0.743. The van der Waals surface area contributed by atoms with E-state index in [1.54, 1.807) is 18.3 Å². The van der Waals surface area contributed by atoms with Gasteiger partial charge in [0.15, 0.2) is 0 Å². The lowest BCUT2D eigenvalue weighted by Gasteiger charge is -2.10. The van der Waals surface area contributed by atoms with Crippen molar-refractivity contribution in [2.45, 2.75) is 18.9 Å². The van der Waals surface area contributed by atoms with Crippen molar-refractivity contribution in [2.75, 3.05) is 26.0 Å². The van der Waals surface area contributed by atoms with Gasteiger partial charge in [-0.1, -0.05) is 6.07 Å². The zero-order chi connectivity index (χ0) is 14.1. The number of sulfonamides is 1. The SMILES string of the molecule is COCC(O)CCNS(=O)(=O)CCc1ccccn1. The molecule has 1 atom stereocenters. The maximum absolute atomic E-state index is 11.7. The average molecular weight is 288 g/mol. The minimum absolute atomic E-state index is 0.00954. The Balaban J connectivity index is 2.28. The Kier molecular flexibility index (Phi) is 6.93. The minimum Gasteiger partial charge on any atom is -0.391 e. The maximum atomic E-state index is 11.7. The second kappa shape index (κ2) is 8.21. The normalized spacial score (nSPS) is 13.4. The molecule has 0 aliphatic rings. The van der Waals surface area contributed by atoms with Crippen LogP contribution in [0.1, 0.15) is 12.1 Å². The van der Waals surface area contributed by atoms with Crippen LogP contribution >= 0.6 is 0 Å². The topological polar surface area (TPSA) is 88.5 Å². The Morgan fingerprint density at radius 1 is 1.47 bits per heavy atom. The number of aliphatic hydroxyl groups excluding tert-OH is 1. The highest BCUT2D eigenvalue weighted by atomic mass is 32.2. The van der Waals surface area contributed by atoms with E-state index in [1.165, 1.54) is 7.11 Å². The molecule has 7 heteroatoms. The fraction of sp³-hybridized carbons (Fsp3) is 0.583. The Morgan fingerprint density at radius 3 is 2.89 bits per heavy atom. The van der Waals surface area contributed by atoms with Gasteiger partial charge in [-0.2, -0.15) is 0 Å². The van der Waals surface area contributed by atoms with Crippen molar-refractivity contribution in [1.82, 2.24) is 9.71 Å². The van der Waals surface area contributed by atoms with E-state index >= 15 is 0 Å². The second-order valence-corrected chi connectivity index (χ2v) is 6.11. The minimum atomic E-state index is -3.33. The van der Waals surface area contributed by atoms with Crippen molar-refractivity contribution in [3.8, 4) is 0 Å². The van der Waals surface area contributed by atoms with Crippen molar-refractivity contribution in [1.29, 1.82) is 0 Å². The number of ether oxygens (including phenoxy) is 1. The van der Waals surface area contributed by atoms with E-state index in [0.717, 1.165) is 5.69 Å². The van der Waals surface area contributed by atoms with E-state index in [0.29, 0.717) is 12.8 Å². The molecule has 19 heavy (non-hydrogen) atoms. The lowest BCUT2D eigenvalue weighted by Crippen LogP contribution is -2.31. The van der Waals surface area contributed by atoms with Gasteiger partial charge in [0.2, 0.25) is 10.0 Å². The number of nitrogens with one attached hydrogen (secondary N) is 1. The van der Waals surface area contributed by atoms with Gasteiger partial charge >= 0.3 is 0 Å². The van der Waals surface area contributed by atoms with Crippen LogP contribution in [-0.2, 0) is 21.2 Å². The van der Waals surface area contributed by atoms with E-state index in [2.05, 4.69) is 9.71 Å². The molecule has 0 saturated carbocycles. The standard InChI is InChI=1S/C12H20N2O4S/c1-18-10-12(15)5-8-14-19(16,17)9-6-11-4-2-3-7-13-11/h2-4,7,12,14-15H,5-6,8-10H2,1H3. The van der Waals surface area contributed by atoms with Gasteiger partial charge in [-0.05, 0) is 18.6 Å². The van der Waals surface area contributed by atoms with Gasteiger partial charge in [0.05, 0.1) is 18.5 Å². The molecule has 1 heterocycles. The second-order valence-electron chi connectivity index (χ2n) is 4.18. The first-order valence-electron chi connectivity index (χ1n) is 6.08. The fourth-order valence-corrected chi connectivity index (χ4v) is 2.56. The van der Waals surface area contributed by atoms with Gasteiger partial charge in [0.1, 0.15) is 0 Å². The quantitative estimate of drug-likeness (QED) is 0.664. The molecule has 1 aromatic rings. The van der Waals surface area contributed by atoms with E-state index in [-0.39, 0.29) is 18.9 Å². The van der Waals surface area contributed by atoms with Crippen LogP contribution in [-0.4, -0.2) is 50.6 Å². The number of aromatic nitrogens is 1. The van der Waals surface area contributed by atoms with Crippen LogP contribution in [0.4, 0.5) is 0 Å². The molecular weight excluding hydrogens is 268 g/mol. The molecule has 0 bridgehead atoms. The molecule has 0 fully saturated rings. The molecule has 6 nitrogen and oxygen atoms in total. The summed E-state index contributed by atoms with van der Waals surface area (Å²) in [5, 5.41) is 9.38. The molecule has 2 N–H and O–H groups in total. The molecule has 0 saturated heterocycles. The van der Waals surface area contributed by atoms with E-state index in [1.807, 2.05) is 6.07 Å². The molecule has 108 valence electrons. The molecule has 0 aliphatic carbocycles. The van der Waals surface area contributed by atoms with Crippen molar-refractivity contribution in [3.63, 3.8) is 0 Å². The van der Waals surface area contributed by atoms with E-state index < -0.39 is 16.1 Å². The molecule has 0 aromatic carbocycles. The van der Waals surface area contributed by atoms with Gasteiger partial charge in [-0.15, -0.1) is 0 Å². The van der Waals surface area contributed by atoms with Gasteiger partial charge in [-0.25, -0.2) is 13.1 Å². The lowest BCUT2D eigenvalue weighted by molar-refractivity contribution is 0.0603. The number of aliphatic hydroxyl groups is 1. The number of aryl methyl sites for hydroxylation is 1. The summed E-state index contributed by atoms with van der Waals surface area (Å²) in [4.78, 5) is 4.07. The maximum Gasteiger partial charge on any atom is 0.211 e. The number of hydrogen-bond acceptors (Lipinski definition) is 5. The van der Waals surface area contributed by atoms with Crippen LogP contribution in [0.2, 0.25) is 0 Å². The van der Waals surface area contributed by atoms with Crippen molar-refractivity contribution in [3.05, 3.63) is 30.1 Å². The van der Waals surface area contributed by atoms with Gasteiger partial charge in [0, 0.05) is 32.0 Å². The Hall–Kier alpha value is -1.02. The molecular formula is C12H20N2O4S. The molecule has 0 spiro atoms. The number of pyridine rings is 1. The summed E-state index contributed by atoms with van der Waals surface area (Å²) in [5.74, 6) is -0.00954. The highest BCUT2D eigenvalue weighted by Gasteiger charge is 2.11. The lowest BCUT2D eigenvalue weighted by atomic mass is 10.3. The fourth-order valence-electron chi connectivity index (χ4n) is 1.51. The zero-order valence-corrected chi connectivity index (χ0v) is 11.8. The monoisotopic (exact) mass is 288 g/mol. The number of methoxy groups -OCH3 is 1. The van der Waals surface area contributed by atoms with Crippen LogP contribution in [0.25, 0.3) is 0 Å². The third-order valence-electron chi connectivity index (χ3n) is 2.51. The molecule has 0 radical (unpaired) electrons. The molecule has 0 aliphatic heterocycles. The summed E-state index contributed by atoms with van der Waals surface area (Å²) in [6.45, 7) is 0.407. The van der Waals surface area contributed by atoms with Gasteiger partial charge in [-0.3, -0.25) is 4.98 Å². The average Bonchev–Trinajstić information content (AvgIpc) is 2.38. The largest absolute Gasteiger partial charge is 0.391 e. The zero-order valence-electron chi connectivity index (χ0n) is 10.9. The van der Waals surface area contributed by atoms with Crippen LogP contribution in [0, 0.1) is 0 Å². The predicted octanol–water partition coefficient (Wildman–Crippen LogP) is -0.0591.